The number of rotatable bonds is 2. The highest BCUT2D eigenvalue weighted by Gasteiger charge is 2.17. The van der Waals surface area contributed by atoms with Crippen molar-refractivity contribution in [2.24, 2.45) is 0 Å². The molecule has 0 saturated carbocycles. The fraction of sp³-hybridized carbons (Fsp3) is 0.0714. The highest BCUT2D eigenvalue weighted by atomic mass is 127. The lowest BCUT2D eigenvalue weighted by molar-refractivity contribution is 0.103. The van der Waals surface area contributed by atoms with Crippen LogP contribution >= 0.6 is 45.8 Å². The Morgan fingerprint density at radius 3 is 2.53 bits per heavy atom. The Balaban J connectivity index is 2.56. The number of aryl methyl sites for hydroxylation is 1. The van der Waals surface area contributed by atoms with Gasteiger partial charge in [-0.1, -0.05) is 23.2 Å². The first kappa shape index (κ1) is 14.8. The Morgan fingerprint density at radius 2 is 1.84 bits per heavy atom. The van der Waals surface area contributed by atoms with Crippen LogP contribution in [0, 0.1) is 16.3 Å². The van der Waals surface area contributed by atoms with Crippen molar-refractivity contribution in [1.82, 2.24) is 0 Å². The lowest BCUT2D eigenvalue weighted by Gasteiger charge is -2.08. The molecule has 0 fully saturated rings. The molecule has 0 heterocycles. The SMILES string of the molecule is Cc1cc(C(=O)c2cc(Cl)ccc2I)c(Cl)cc1F. The number of hydrogen-bond acceptors (Lipinski definition) is 1. The minimum Gasteiger partial charge on any atom is -0.289 e. The van der Waals surface area contributed by atoms with E-state index in [0.717, 1.165) is 9.64 Å². The summed E-state index contributed by atoms with van der Waals surface area (Å²) in [6.07, 6.45) is 0. The summed E-state index contributed by atoms with van der Waals surface area (Å²) in [5.41, 5.74) is 1.12. The lowest BCUT2D eigenvalue weighted by Crippen LogP contribution is -2.05. The first-order chi connectivity index (χ1) is 8.90. The molecule has 2 rings (SSSR count). The molecular formula is C14H8Cl2FIO. The summed E-state index contributed by atoms with van der Waals surface area (Å²) in [4.78, 5) is 12.4. The molecule has 0 aliphatic heterocycles. The molecule has 0 radical (unpaired) electrons. The second-order valence-electron chi connectivity index (χ2n) is 4.03. The van der Waals surface area contributed by atoms with Crippen molar-refractivity contribution < 1.29 is 9.18 Å². The van der Waals surface area contributed by atoms with Gasteiger partial charge < -0.3 is 0 Å². The van der Waals surface area contributed by atoms with E-state index >= 15 is 0 Å². The van der Waals surface area contributed by atoms with Crippen molar-refractivity contribution in [3.63, 3.8) is 0 Å². The van der Waals surface area contributed by atoms with E-state index in [9.17, 15) is 9.18 Å². The lowest BCUT2D eigenvalue weighted by atomic mass is 10.0. The van der Waals surface area contributed by atoms with Crippen molar-refractivity contribution in [3.8, 4) is 0 Å². The zero-order valence-corrected chi connectivity index (χ0v) is 13.5. The summed E-state index contributed by atoms with van der Waals surface area (Å²) >= 11 is 13.9. The predicted octanol–water partition coefficient (Wildman–Crippen LogP) is 5.28. The van der Waals surface area contributed by atoms with Crippen molar-refractivity contribution in [2.75, 3.05) is 0 Å². The third-order valence-corrected chi connectivity index (χ3v) is 4.15. The Morgan fingerprint density at radius 1 is 1.16 bits per heavy atom. The summed E-state index contributed by atoms with van der Waals surface area (Å²) in [7, 11) is 0. The van der Waals surface area contributed by atoms with Crippen LogP contribution in [0.1, 0.15) is 21.5 Å². The maximum absolute atomic E-state index is 13.4. The molecule has 2 aromatic carbocycles. The minimum atomic E-state index is -0.428. The Labute approximate surface area is 133 Å². The normalized spacial score (nSPS) is 10.6. The molecule has 98 valence electrons. The summed E-state index contributed by atoms with van der Waals surface area (Å²) in [6, 6.07) is 7.65. The first-order valence-corrected chi connectivity index (χ1v) is 7.19. The van der Waals surface area contributed by atoms with Crippen LogP contribution in [0.2, 0.25) is 10.0 Å². The van der Waals surface area contributed by atoms with Crippen LogP contribution in [0.3, 0.4) is 0 Å². The number of hydrogen-bond donors (Lipinski definition) is 0. The van der Waals surface area contributed by atoms with Crippen LogP contribution < -0.4 is 0 Å². The molecule has 0 N–H and O–H groups in total. The summed E-state index contributed by atoms with van der Waals surface area (Å²) in [5, 5.41) is 0.572. The Bertz CT molecular complexity index is 671. The fourth-order valence-corrected chi connectivity index (χ4v) is 2.64. The number of carbonyl (C=O) groups is 1. The molecule has 0 unspecified atom stereocenters. The average Bonchev–Trinajstić information content (AvgIpc) is 2.36. The van der Waals surface area contributed by atoms with Crippen molar-refractivity contribution in [1.29, 1.82) is 0 Å². The Hall–Kier alpha value is -0.650. The van der Waals surface area contributed by atoms with Gasteiger partial charge in [0.15, 0.2) is 5.78 Å². The molecule has 0 spiro atoms. The highest BCUT2D eigenvalue weighted by molar-refractivity contribution is 14.1. The molecule has 19 heavy (non-hydrogen) atoms. The van der Waals surface area contributed by atoms with Crippen LogP contribution in [0.5, 0.6) is 0 Å². The van der Waals surface area contributed by atoms with Crippen LogP contribution in [0.25, 0.3) is 0 Å². The number of halogens is 4. The second-order valence-corrected chi connectivity index (χ2v) is 6.04. The summed E-state index contributed by atoms with van der Waals surface area (Å²) < 4.78 is 14.1. The largest absolute Gasteiger partial charge is 0.289 e. The molecule has 0 atom stereocenters. The van der Waals surface area contributed by atoms with Crippen LogP contribution in [-0.4, -0.2) is 5.78 Å². The molecular weight excluding hydrogens is 401 g/mol. The number of carbonyl (C=O) groups excluding carboxylic acids is 1. The molecule has 5 heteroatoms. The molecule has 2 aromatic rings. The summed E-state index contributed by atoms with van der Waals surface area (Å²) in [5.74, 6) is -0.692. The molecule has 0 amide bonds. The maximum Gasteiger partial charge on any atom is 0.195 e. The van der Waals surface area contributed by atoms with Crippen molar-refractivity contribution in [2.45, 2.75) is 6.92 Å². The van der Waals surface area contributed by atoms with Gasteiger partial charge in [-0.2, -0.15) is 0 Å². The second kappa shape index (κ2) is 5.77. The van der Waals surface area contributed by atoms with Gasteiger partial charge in [-0.25, -0.2) is 4.39 Å². The minimum absolute atomic E-state index is 0.101. The fourth-order valence-electron chi connectivity index (χ4n) is 1.65. The van der Waals surface area contributed by atoms with Crippen molar-refractivity contribution >= 4 is 51.6 Å². The van der Waals surface area contributed by atoms with Gasteiger partial charge in [0.25, 0.3) is 0 Å². The van der Waals surface area contributed by atoms with E-state index in [-0.39, 0.29) is 16.4 Å². The molecule has 0 aliphatic rings. The molecule has 1 nitrogen and oxygen atoms in total. The first-order valence-electron chi connectivity index (χ1n) is 5.35. The van der Waals surface area contributed by atoms with E-state index in [1.807, 2.05) is 22.6 Å². The molecule has 0 bridgehead atoms. The van der Waals surface area contributed by atoms with E-state index in [4.69, 9.17) is 23.2 Å². The van der Waals surface area contributed by atoms with Crippen molar-refractivity contribution in [3.05, 3.63) is 66.5 Å². The monoisotopic (exact) mass is 408 g/mol. The van der Waals surface area contributed by atoms with Crippen LogP contribution in [0.15, 0.2) is 30.3 Å². The van der Waals surface area contributed by atoms with Gasteiger partial charge in [0.2, 0.25) is 0 Å². The van der Waals surface area contributed by atoms with E-state index < -0.39 is 5.82 Å². The third-order valence-electron chi connectivity index (χ3n) is 2.67. The molecule has 0 aliphatic carbocycles. The maximum atomic E-state index is 13.4. The zero-order chi connectivity index (χ0) is 14.2. The van der Waals surface area contributed by atoms with Crippen LogP contribution in [-0.2, 0) is 0 Å². The van der Waals surface area contributed by atoms with E-state index in [0.29, 0.717) is 16.1 Å². The average molecular weight is 409 g/mol. The van der Waals surface area contributed by atoms with Gasteiger partial charge in [0.05, 0.1) is 5.02 Å². The number of ketones is 1. The molecule has 0 aromatic heterocycles. The van der Waals surface area contributed by atoms with E-state index in [2.05, 4.69) is 0 Å². The van der Waals surface area contributed by atoms with Gasteiger partial charge in [0.1, 0.15) is 5.82 Å². The quantitative estimate of drug-likeness (QED) is 0.488. The standard InChI is InChI=1S/C14H8Cl2FIO/c1-7-4-9(11(16)6-12(7)17)14(19)10-5-8(15)2-3-13(10)18/h2-6H,1H3. The predicted molar refractivity (Wildman–Crippen MR) is 83.7 cm³/mol. The highest BCUT2D eigenvalue weighted by Crippen LogP contribution is 2.26. The topological polar surface area (TPSA) is 17.1 Å². The van der Waals surface area contributed by atoms with Gasteiger partial charge in [-0.05, 0) is 65.4 Å². The van der Waals surface area contributed by atoms with Gasteiger partial charge in [-0.3, -0.25) is 4.79 Å². The zero-order valence-electron chi connectivity index (χ0n) is 9.81. The summed E-state index contributed by atoms with van der Waals surface area (Å²) in [6.45, 7) is 1.59. The smallest absolute Gasteiger partial charge is 0.195 e. The Kier molecular flexibility index (Phi) is 4.48. The van der Waals surface area contributed by atoms with E-state index in [1.165, 1.54) is 6.07 Å². The molecule has 0 saturated heterocycles. The van der Waals surface area contributed by atoms with Gasteiger partial charge in [0, 0.05) is 19.7 Å². The van der Waals surface area contributed by atoms with Crippen LogP contribution in [0.4, 0.5) is 4.39 Å². The van der Waals surface area contributed by atoms with E-state index in [1.54, 1.807) is 25.1 Å². The number of benzene rings is 2. The van der Waals surface area contributed by atoms with Gasteiger partial charge in [-0.15, -0.1) is 0 Å². The third kappa shape index (κ3) is 3.09. The van der Waals surface area contributed by atoms with Gasteiger partial charge >= 0.3 is 0 Å².